The van der Waals surface area contributed by atoms with Gasteiger partial charge >= 0.3 is 5.97 Å². The maximum atomic E-state index is 13.1. The van der Waals surface area contributed by atoms with E-state index in [0.717, 1.165) is 18.5 Å². The lowest BCUT2D eigenvalue weighted by atomic mass is 9.75. The molecule has 0 saturated heterocycles. The lowest BCUT2D eigenvalue weighted by Crippen LogP contribution is -2.34. The first kappa shape index (κ1) is 21.7. The van der Waals surface area contributed by atoms with Gasteiger partial charge in [-0.1, -0.05) is 13.0 Å². The van der Waals surface area contributed by atoms with Gasteiger partial charge in [0.25, 0.3) is 0 Å². The molecule has 30 heavy (non-hydrogen) atoms. The van der Waals surface area contributed by atoms with Crippen LogP contribution in [-0.4, -0.2) is 39.7 Å². The van der Waals surface area contributed by atoms with Gasteiger partial charge in [0, 0.05) is 29.0 Å². The molecule has 1 aliphatic heterocycles. The lowest BCUT2D eigenvalue weighted by molar-refractivity contribution is -0.139. The number of benzene rings is 1. The predicted octanol–water partition coefficient (Wildman–Crippen LogP) is 3.63. The van der Waals surface area contributed by atoms with E-state index in [4.69, 9.17) is 18.9 Å². The Hall–Kier alpha value is -2.96. The smallest absolute Gasteiger partial charge is 0.336 e. The first-order valence-electron chi connectivity index (χ1n) is 10.2. The summed E-state index contributed by atoms with van der Waals surface area (Å²) in [7, 11) is 4.61. The Bertz CT molecular complexity index is 915. The highest BCUT2D eigenvalue weighted by molar-refractivity contribution is 6.04. The van der Waals surface area contributed by atoms with Gasteiger partial charge in [0.05, 0.1) is 39.4 Å². The van der Waals surface area contributed by atoms with Crippen molar-refractivity contribution in [3.8, 4) is 17.2 Å². The van der Waals surface area contributed by atoms with Crippen molar-refractivity contribution in [2.75, 3.05) is 27.9 Å². The Morgan fingerprint density at radius 3 is 2.47 bits per heavy atom. The van der Waals surface area contributed by atoms with E-state index in [1.807, 2.05) is 19.9 Å². The molecule has 1 aromatic rings. The van der Waals surface area contributed by atoms with Crippen LogP contribution in [0.1, 0.15) is 51.0 Å². The maximum absolute atomic E-state index is 13.1. The molecule has 0 amide bonds. The third kappa shape index (κ3) is 3.76. The van der Waals surface area contributed by atoms with E-state index in [2.05, 4.69) is 5.32 Å². The van der Waals surface area contributed by atoms with Gasteiger partial charge in [-0.25, -0.2) is 4.79 Å². The van der Waals surface area contributed by atoms with Crippen molar-refractivity contribution in [2.45, 2.75) is 45.4 Å². The molecule has 0 saturated carbocycles. The van der Waals surface area contributed by atoms with Crippen LogP contribution in [0.15, 0.2) is 34.7 Å². The van der Waals surface area contributed by atoms with Gasteiger partial charge in [0.2, 0.25) is 5.75 Å². The van der Waals surface area contributed by atoms with Crippen LogP contribution in [0.25, 0.3) is 0 Å². The zero-order valence-corrected chi connectivity index (χ0v) is 18.2. The van der Waals surface area contributed by atoms with E-state index in [1.54, 1.807) is 13.2 Å². The Kier molecular flexibility index (Phi) is 6.70. The molecule has 1 atom stereocenters. The number of dihydropyridines is 1. The van der Waals surface area contributed by atoms with Gasteiger partial charge in [-0.2, -0.15) is 0 Å². The molecule has 0 bridgehead atoms. The van der Waals surface area contributed by atoms with Gasteiger partial charge < -0.3 is 24.3 Å². The van der Waals surface area contributed by atoms with E-state index < -0.39 is 11.9 Å². The topological polar surface area (TPSA) is 83.1 Å². The average Bonchev–Trinajstić information content (AvgIpc) is 2.75. The number of ketones is 1. The van der Waals surface area contributed by atoms with Crippen LogP contribution in [0.3, 0.4) is 0 Å². The number of esters is 1. The third-order valence-electron chi connectivity index (χ3n) is 5.48. The fraction of sp³-hybridized carbons (Fsp3) is 0.478. The van der Waals surface area contributed by atoms with Crippen molar-refractivity contribution < 1.29 is 28.5 Å². The number of rotatable bonds is 7. The van der Waals surface area contributed by atoms with E-state index in [-0.39, 0.29) is 5.78 Å². The minimum absolute atomic E-state index is 0.0267. The number of hydrogen-bond donors (Lipinski definition) is 1. The van der Waals surface area contributed by atoms with Gasteiger partial charge in [-0.05, 0) is 32.3 Å². The Balaban J connectivity index is 2.25. The monoisotopic (exact) mass is 415 g/mol. The molecule has 1 N–H and O–H groups in total. The Morgan fingerprint density at radius 1 is 1.10 bits per heavy atom. The van der Waals surface area contributed by atoms with Crippen molar-refractivity contribution in [2.24, 2.45) is 0 Å². The van der Waals surface area contributed by atoms with Crippen LogP contribution in [0, 0.1) is 0 Å². The standard InChI is InChI=1S/C23H29NO6/c1-6-12-30-23(26)18-13(2)24-15-8-7-9-16(25)20(15)19(18)14-10-11-17(27-3)22(29-5)21(14)28-4/h10-11,19,24H,6-9,12H2,1-5H3. The molecule has 7 heteroatoms. The van der Waals surface area contributed by atoms with Crippen LogP contribution in [0.2, 0.25) is 0 Å². The molecule has 1 heterocycles. The second kappa shape index (κ2) is 9.24. The minimum atomic E-state index is -0.604. The summed E-state index contributed by atoms with van der Waals surface area (Å²) in [5.41, 5.74) is 3.23. The summed E-state index contributed by atoms with van der Waals surface area (Å²) >= 11 is 0. The molecule has 3 rings (SSSR count). The largest absolute Gasteiger partial charge is 0.493 e. The second-order valence-corrected chi connectivity index (χ2v) is 7.33. The minimum Gasteiger partial charge on any atom is -0.493 e. The molecule has 7 nitrogen and oxygen atoms in total. The fourth-order valence-electron chi connectivity index (χ4n) is 4.19. The number of carbonyl (C=O) groups excluding carboxylic acids is 2. The molecule has 1 aromatic carbocycles. The molecular weight excluding hydrogens is 386 g/mol. The number of methoxy groups -OCH3 is 3. The summed E-state index contributed by atoms with van der Waals surface area (Å²) in [5.74, 6) is 0.343. The van der Waals surface area contributed by atoms with Crippen molar-refractivity contribution >= 4 is 11.8 Å². The van der Waals surface area contributed by atoms with Crippen molar-refractivity contribution in [1.29, 1.82) is 0 Å². The van der Waals surface area contributed by atoms with E-state index in [1.165, 1.54) is 14.2 Å². The van der Waals surface area contributed by atoms with Crippen LogP contribution in [0.5, 0.6) is 17.2 Å². The number of allylic oxidation sites excluding steroid dienone is 3. The normalized spacial score (nSPS) is 18.6. The predicted molar refractivity (Wildman–Crippen MR) is 112 cm³/mol. The number of carbonyl (C=O) groups is 2. The third-order valence-corrected chi connectivity index (χ3v) is 5.48. The molecule has 162 valence electrons. The lowest BCUT2D eigenvalue weighted by Gasteiger charge is -2.35. The van der Waals surface area contributed by atoms with E-state index in [0.29, 0.717) is 59.1 Å². The van der Waals surface area contributed by atoms with Gasteiger partial charge in [-0.3, -0.25) is 4.79 Å². The fourth-order valence-corrected chi connectivity index (χ4v) is 4.19. The Morgan fingerprint density at radius 2 is 1.83 bits per heavy atom. The van der Waals surface area contributed by atoms with Gasteiger partial charge in [0.15, 0.2) is 17.3 Å². The molecule has 0 spiro atoms. The second-order valence-electron chi connectivity index (χ2n) is 7.33. The summed E-state index contributed by atoms with van der Waals surface area (Å²) in [6, 6.07) is 3.58. The summed E-state index contributed by atoms with van der Waals surface area (Å²) in [6.45, 7) is 4.09. The van der Waals surface area contributed by atoms with Crippen molar-refractivity contribution in [1.82, 2.24) is 5.32 Å². The maximum Gasteiger partial charge on any atom is 0.336 e. The first-order chi connectivity index (χ1) is 14.5. The van der Waals surface area contributed by atoms with Crippen molar-refractivity contribution in [3.05, 3.63) is 40.2 Å². The molecule has 1 aliphatic carbocycles. The van der Waals surface area contributed by atoms with Gasteiger partial charge in [0.1, 0.15) is 0 Å². The zero-order valence-electron chi connectivity index (χ0n) is 18.2. The number of ether oxygens (including phenoxy) is 4. The molecular formula is C23H29NO6. The average molecular weight is 415 g/mol. The number of hydrogen-bond acceptors (Lipinski definition) is 7. The van der Waals surface area contributed by atoms with E-state index >= 15 is 0 Å². The quantitative estimate of drug-likeness (QED) is 0.681. The SMILES string of the molecule is CCCOC(=O)C1=C(C)NC2=C(C(=O)CCC2)C1c1ccc(OC)c(OC)c1OC. The van der Waals surface area contributed by atoms with Gasteiger partial charge in [-0.15, -0.1) is 0 Å². The Labute approximate surface area is 177 Å². The number of nitrogens with one attached hydrogen (secondary N) is 1. The van der Waals surface area contributed by atoms with E-state index in [9.17, 15) is 9.59 Å². The molecule has 0 radical (unpaired) electrons. The molecule has 0 fully saturated rings. The van der Waals surface area contributed by atoms with Crippen LogP contribution < -0.4 is 19.5 Å². The molecule has 0 aromatic heterocycles. The summed E-state index contributed by atoms with van der Waals surface area (Å²) in [5, 5.41) is 3.29. The molecule has 2 aliphatic rings. The summed E-state index contributed by atoms with van der Waals surface area (Å²) in [4.78, 5) is 26.1. The van der Waals surface area contributed by atoms with Crippen molar-refractivity contribution in [3.63, 3.8) is 0 Å². The van der Waals surface area contributed by atoms with Crippen LogP contribution >= 0.6 is 0 Å². The number of Topliss-reactive ketones (excluding diaryl/α,β-unsaturated/α-hetero) is 1. The highest BCUT2D eigenvalue weighted by atomic mass is 16.5. The van der Waals surface area contributed by atoms with Crippen LogP contribution in [-0.2, 0) is 14.3 Å². The summed E-state index contributed by atoms with van der Waals surface area (Å²) in [6.07, 6.45) is 2.69. The highest BCUT2D eigenvalue weighted by Crippen LogP contribution is 2.49. The summed E-state index contributed by atoms with van der Waals surface area (Å²) < 4.78 is 22.1. The zero-order chi connectivity index (χ0) is 21.8. The molecule has 1 unspecified atom stereocenters. The van der Waals surface area contributed by atoms with Crippen LogP contribution in [0.4, 0.5) is 0 Å². The first-order valence-corrected chi connectivity index (χ1v) is 10.2. The highest BCUT2D eigenvalue weighted by Gasteiger charge is 2.41.